The Balaban J connectivity index is 1.70. The molecule has 0 spiro atoms. The molecule has 1 aromatic carbocycles. The van der Waals surface area contributed by atoms with Crippen molar-refractivity contribution in [3.8, 4) is 5.75 Å². The Hall–Kier alpha value is -1.94. The van der Waals surface area contributed by atoms with E-state index < -0.39 is 10.0 Å². The van der Waals surface area contributed by atoms with Gasteiger partial charge >= 0.3 is 0 Å². The van der Waals surface area contributed by atoms with Gasteiger partial charge in [-0.3, -0.25) is 4.68 Å². The average Bonchev–Trinajstić information content (AvgIpc) is 3.18. The zero-order valence-electron chi connectivity index (χ0n) is 15.6. The summed E-state index contributed by atoms with van der Waals surface area (Å²) in [6.07, 6.45) is 3.31. The zero-order chi connectivity index (χ0) is 19.3. The van der Waals surface area contributed by atoms with Crippen LogP contribution in [0.1, 0.15) is 18.6 Å². The summed E-state index contributed by atoms with van der Waals surface area (Å²) in [4.78, 5) is 0.242. The number of rotatable bonds is 8. The second-order valence-electron chi connectivity index (χ2n) is 6.16. The first-order valence-electron chi connectivity index (χ1n) is 8.90. The van der Waals surface area contributed by atoms with Crippen LogP contribution in [0.3, 0.4) is 0 Å². The SMILES string of the molecule is CCn1cc([C@@H]2CN(S(=O)(=O)c3ccc(OCCOC)cc3)CCO2)cn1. The number of sulfonamides is 1. The highest BCUT2D eigenvalue weighted by Gasteiger charge is 2.32. The highest BCUT2D eigenvalue weighted by Crippen LogP contribution is 2.27. The molecule has 0 bridgehead atoms. The summed E-state index contributed by atoms with van der Waals surface area (Å²) in [5.41, 5.74) is 0.888. The highest BCUT2D eigenvalue weighted by molar-refractivity contribution is 7.89. The van der Waals surface area contributed by atoms with E-state index in [9.17, 15) is 8.42 Å². The smallest absolute Gasteiger partial charge is 0.243 e. The number of benzene rings is 1. The first-order chi connectivity index (χ1) is 13.0. The van der Waals surface area contributed by atoms with Gasteiger partial charge in [-0.25, -0.2) is 8.42 Å². The van der Waals surface area contributed by atoms with Crippen molar-refractivity contribution in [3.63, 3.8) is 0 Å². The summed E-state index contributed by atoms with van der Waals surface area (Å²) >= 11 is 0. The van der Waals surface area contributed by atoms with E-state index in [4.69, 9.17) is 14.2 Å². The number of aromatic nitrogens is 2. The first kappa shape index (κ1) is 19.8. The third kappa shape index (κ3) is 4.67. The van der Waals surface area contributed by atoms with Crippen LogP contribution in [0.2, 0.25) is 0 Å². The van der Waals surface area contributed by atoms with E-state index >= 15 is 0 Å². The molecule has 2 heterocycles. The minimum absolute atomic E-state index is 0.242. The van der Waals surface area contributed by atoms with E-state index in [2.05, 4.69) is 5.10 Å². The van der Waals surface area contributed by atoms with Gasteiger partial charge in [0.2, 0.25) is 10.0 Å². The Labute approximate surface area is 159 Å². The lowest BCUT2D eigenvalue weighted by Crippen LogP contribution is -2.42. The number of morpholine rings is 1. The minimum Gasteiger partial charge on any atom is -0.491 e. The van der Waals surface area contributed by atoms with E-state index in [0.29, 0.717) is 32.1 Å². The van der Waals surface area contributed by atoms with Crippen molar-refractivity contribution in [2.45, 2.75) is 24.5 Å². The van der Waals surface area contributed by atoms with Gasteiger partial charge in [0, 0.05) is 38.5 Å². The summed E-state index contributed by atoms with van der Waals surface area (Å²) in [6.45, 7) is 4.59. The number of ether oxygens (including phenoxy) is 3. The van der Waals surface area contributed by atoms with Crippen molar-refractivity contribution in [3.05, 3.63) is 42.2 Å². The van der Waals surface area contributed by atoms with Crippen LogP contribution in [0.4, 0.5) is 0 Å². The largest absolute Gasteiger partial charge is 0.491 e. The van der Waals surface area contributed by atoms with Gasteiger partial charge in [-0.05, 0) is 31.2 Å². The molecular weight excluding hydrogens is 370 g/mol. The topological polar surface area (TPSA) is 82.9 Å². The monoisotopic (exact) mass is 395 g/mol. The quantitative estimate of drug-likeness (QED) is 0.633. The summed E-state index contributed by atoms with van der Waals surface area (Å²) < 4.78 is 45.4. The molecule has 1 saturated heterocycles. The van der Waals surface area contributed by atoms with Gasteiger partial charge in [-0.2, -0.15) is 9.40 Å². The molecule has 1 aliphatic heterocycles. The van der Waals surface area contributed by atoms with Gasteiger partial charge < -0.3 is 14.2 Å². The van der Waals surface area contributed by atoms with Crippen molar-refractivity contribution >= 4 is 10.0 Å². The van der Waals surface area contributed by atoms with Gasteiger partial charge in [0.15, 0.2) is 0 Å². The maximum atomic E-state index is 13.0. The second-order valence-corrected chi connectivity index (χ2v) is 8.10. The van der Waals surface area contributed by atoms with Crippen molar-refractivity contribution in [1.29, 1.82) is 0 Å². The summed E-state index contributed by atoms with van der Waals surface area (Å²) in [5, 5.41) is 4.24. The number of hydrogen-bond acceptors (Lipinski definition) is 6. The Morgan fingerprint density at radius 3 is 2.70 bits per heavy atom. The van der Waals surface area contributed by atoms with Crippen LogP contribution >= 0.6 is 0 Å². The van der Waals surface area contributed by atoms with E-state index in [-0.39, 0.29) is 17.5 Å². The summed E-state index contributed by atoms with van der Waals surface area (Å²) in [5.74, 6) is 0.609. The number of methoxy groups -OCH3 is 1. The molecule has 0 saturated carbocycles. The third-order valence-electron chi connectivity index (χ3n) is 4.40. The maximum Gasteiger partial charge on any atom is 0.243 e. The molecule has 8 nitrogen and oxygen atoms in total. The van der Waals surface area contributed by atoms with Gasteiger partial charge in [-0.1, -0.05) is 0 Å². The molecule has 0 aliphatic carbocycles. The zero-order valence-corrected chi connectivity index (χ0v) is 16.4. The van der Waals surface area contributed by atoms with E-state index in [1.54, 1.807) is 42.3 Å². The van der Waals surface area contributed by atoms with Crippen LogP contribution in [0.15, 0.2) is 41.6 Å². The molecule has 1 fully saturated rings. The molecule has 0 amide bonds. The molecular formula is C18H25N3O5S. The van der Waals surface area contributed by atoms with Gasteiger partial charge in [0.25, 0.3) is 0 Å². The lowest BCUT2D eigenvalue weighted by atomic mass is 10.2. The first-order valence-corrected chi connectivity index (χ1v) is 10.3. The van der Waals surface area contributed by atoms with Gasteiger partial charge in [-0.15, -0.1) is 0 Å². The van der Waals surface area contributed by atoms with E-state index in [0.717, 1.165) is 12.1 Å². The van der Waals surface area contributed by atoms with Gasteiger partial charge in [0.1, 0.15) is 12.4 Å². The molecule has 9 heteroatoms. The van der Waals surface area contributed by atoms with Crippen molar-refractivity contribution in [1.82, 2.24) is 14.1 Å². The van der Waals surface area contributed by atoms with Crippen molar-refractivity contribution < 1.29 is 22.6 Å². The standard InChI is InChI=1S/C18H25N3O5S/c1-3-20-13-15(12-19-20)18-14-21(8-9-26-18)27(22,23)17-6-4-16(5-7-17)25-11-10-24-2/h4-7,12-13,18H,3,8-11,14H2,1-2H3/t18-/m0/s1. The van der Waals surface area contributed by atoms with Gasteiger partial charge in [0.05, 0.1) is 30.4 Å². The molecule has 1 aromatic heterocycles. The number of hydrogen-bond donors (Lipinski definition) is 0. The van der Waals surface area contributed by atoms with Crippen LogP contribution in [0.5, 0.6) is 5.75 Å². The molecule has 2 aromatic rings. The minimum atomic E-state index is -3.60. The Morgan fingerprint density at radius 2 is 2.04 bits per heavy atom. The fourth-order valence-corrected chi connectivity index (χ4v) is 4.29. The van der Waals surface area contributed by atoms with Crippen LogP contribution in [-0.4, -0.2) is 62.5 Å². The van der Waals surface area contributed by atoms with Crippen molar-refractivity contribution in [2.75, 3.05) is 40.0 Å². The Bertz CT molecular complexity index is 835. The maximum absolute atomic E-state index is 13.0. The Morgan fingerprint density at radius 1 is 1.26 bits per heavy atom. The predicted octanol–water partition coefficient (Wildman–Crippen LogP) is 1.69. The normalized spacial score (nSPS) is 18.5. The fraction of sp³-hybridized carbons (Fsp3) is 0.500. The predicted molar refractivity (Wildman–Crippen MR) is 99.2 cm³/mol. The van der Waals surface area contributed by atoms with Crippen LogP contribution in [0, 0.1) is 0 Å². The average molecular weight is 395 g/mol. The summed E-state index contributed by atoms with van der Waals surface area (Å²) in [6, 6.07) is 6.45. The number of aryl methyl sites for hydroxylation is 1. The fourth-order valence-electron chi connectivity index (χ4n) is 2.86. The van der Waals surface area contributed by atoms with Crippen LogP contribution in [0.25, 0.3) is 0 Å². The molecule has 1 aliphatic rings. The van der Waals surface area contributed by atoms with E-state index in [1.165, 1.54) is 4.31 Å². The summed E-state index contributed by atoms with van der Waals surface area (Å²) in [7, 11) is -2.00. The lowest BCUT2D eigenvalue weighted by Gasteiger charge is -2.31. The molecule has 148 valence electrons. The molecule has 0 N–H and O–H groups in total. The molecule has 27 heavy (non-hydrogen) atoms. The highest BCUT2D eigenvalue weighted by atomic mass is 32.2. The van der Waals surface area contributed by atoms with Crippen LogP contribution in [-0.2, 0) is 26.0 Å². The van der Waals surface area contributed by atoms with Crippen molar-refractivity contribution in [2.24, 2.45) is 0 Å². The van der Waals surface area contributed by atoms with Crippen LogP contribution < -0.4 is 4.74 Å². The molecule has 0 unspecified atom stereocenters. The third-order valence-corrected chi connectivity index (χ3v) is 6.28. The lowest BCUT2D eigenvalue weighted by molar-refractivity contribution is -0.00260. The molecule has 0 radical (unpaired) electrons. The second kappa shape index (κ2) is 8.83. The number of nitrogens with zero attached hydrogens (tertiary/aromatic N) is 3. The molecule has 1 atom stereocenters. The molecule has 3 rings (SSSR count). The van der Waals surface area contributed by atoms with E-state index in [1.807, 2.05) is 13.1 Å². The Kier molecular flexibility index (Phi) is 6.48.